The number of likely N-dealkylation sites (tertiary alicyclic amines) is 1. The first-order chi connectivity index (χ1) is 12.8. The lowest BCUT2D eigenvalue weighted by Crippen LogP contribution is -2.36. The van der Waals surface area contributed by atoms with Gasteiger partial charge >= 0.3 is 6.18 Å². The van der Waals surface area contributed by atoms with Crippen molar-refractivity contribution >= 4 is 17.5 Å². The predicted octanol–water partition coefficient (Wildman–Crippen LogP) is 3.71. The van der Waals surface area contributed by atoms with E-state index in [1.165, 1.54) is 30.1 Å². The molecule has 1 aliphatic heterocycles. The van der Waals surface area contributed by atoms with Gasteiger partial charge in [-0.3, -0.25) is 4.79 Å². The van der Waals surface area contributed by atoms with E-state index in [-0.39, 0.29) is 10.7 Å². The Morgan fingerprint density at radius 1 is 1.30 bits per heavy atom. The van der Waals surface area contributed by atoms with Gasteiger partial charge in [-0.2, -0.15) is 18.3 Å². The molecule has 0 aliphatic carbocycles. The fourth-order valence-electron chi connectivity index (χ4n) is 3.19. The molecule has 5 nitrogen and oxygen atoms in total. The lowest BCUT2D eigenvalue weighted by Gasteiger charge is -2.22. The Kier molecular flexibility index (Phi) is 5.76. The molecule has 9 heteroatoms. The minimum absolute atomic E-state index is 0.147. The smallest absolute Gasteiger partial charge is 0.340 e. The van der Waals surface area contributed by atoms with Gasteiger partial charge in [0.2, 0.25) is 0 Å². The third kappa shape index (κ3) is 4.44. The molecule has 3 rings (SSSR count). The van der Waals surface area contributed by atoms with Crippen molar-refractivity contribution in [1.29, 1.82) is 0 Å². The molecule has 0 spiro atoms. The molecule has 1 saturated heterocycles. The summed E-state index contributed by atoms with van der Waals surface area (Å²) in [5.74, 6) is -0.699. The lowest BCUT2D eigenvalue weighted by molar-refractivity contribution is -0.143. The average Bonchev–Trinajstić information content (AvgIpc) is 3.28. The lowest BCUT2D eigenvalue weighted by atomic mass is 10.2. The van der Waals surface area contributed by atoms with Crippen LogP contribution in [-0.2, 0) is 6.18 Å². The molecule has 0 N–H and O–H groups in total. The van der Waals surface area contributed by atoms with Gasteiger partial charge in [0.1, 0.15) is 0 Å². The van der Waals surface area contributed by atoms with Crippen molar-refractivity contribution in [3.05, 3.63) is 46.7 Å². The Labute approximate surface area is 160 Å². The van der Waals surface area contributed by atoms with Crippen LogP contribution in [0.1, 0.15) is 28.9 Å². The van der Waals surface area contributed by atoms with Gasteiger partial charge in [-0.25, -0.2) is 4.68 Å². The number of carbonyl (C=O) groups is 1. The zero-order chi connectivity index (χ0) is 19.6. The molecule has 146 valence electrons. The second-order valence-corrected chi connectivity index (χ2v) is 7.01. The van der Waals surface area contributed by atoms with Crippen molar-refractivity contribution in [2.24, 2.45) is 0 Å². The summed E-state index contributed by atoms with van der Waals surface area (Å²) >= 11 is 5.88. The monoisotopic (exact) mass is 400 g/mol. The first-order valence-electron chi connectivity index (χ1n) is 8.66. The molecule has 1 aromatic carbocycles. The summed E-state index contributed by atoms with van der Waals surface area (Å²) in [7, 11) is 1.51. The molecule has 1 aliphatic rings. The van der Waals surface area contributed by atoms with Crippen LogP contribution >= 0.6 is 11.6 Å². The van der Waals surface area contributed by atoms with Crippen molar-refractivity contribution < 1.29 is 18.0 Å². The standard InChI is InChI=1S/C18H20ClF3N4O/c1-24(9-10-25-7-2-3-8-25)17(27)15-12-23-26(16(15)18(20,21)22)14-6-4-5-13(19)11-14/h4-6,11-12H,2-3,7-10H2,1H3. The number of carbonyl (C=O) groups excluding carboxylic acids is 1. The molecular formula is C18H20ClF3N4O. The fraction of sp³-hybridized carbons (Fsp3) is 0.444. The highest BCUT2D eigenvalue weighted by Crippen LogP contribution is 2.34. The number of nitrogens with zero attached hydrogens (tertiary/aromatic N) is 4. The van der Waals surface area contributed by atoms with Crippen LogP contribution in [0, 0.1) is 0 Å². The van der Waals surface area contributed by atoms with Gasteiger partial charge in [0.05, 0.1) is 17.4 Å². The van der Waals surface area contributed by atoms with E-state index in [1.54, 1.807) is 6.07 Å². The summed E-state index contributed by atoms with van der Waals surface area (Å²) in [5.41, 5.74) is -1.41. The average molecular weight is 401 g/mol. The molecule has 1 amide bonds. The van der Waals surface area contributed by atoms with Gasteiger partial charge in [-0.15, -0.1) is 0 Å². The van der Waals surface area contributed by atoms with Crippen molar-refractivity contribution in [2.45, 2.75) is 19.0 Å². The van der Waals surface area contributed by atoms with Crippen LogP contribution in [0.5, 0.6) is 0 Å². The van der Waals surface area contributed by atoms with Gasteiger partial charge in [0.25, 0.3) is 5.91 Å². The molecule has 1 aromatic heterocycles. The summed E-state index contributed by atoms with van der Waals surface area (Å²) in [6, 6.07) is 5.91. The quantitative estimate of drug-likeness (QED) is 0.768. The van der Waals surface area contributed by atoms with Crippen LogP contribution in [-0.4, -0.2) is 58.7 Å². The van der Waals surface area contributed by atoms with Crippen LogP contribution in [0.2, 0.25) is 5.02 Å². The molecule has 0 saturated carbocycles. The van der Waals surface area contributed by atoms with Gasteiger partial charge in [0, 0.05) is 25.2 Å². The maximum absolute atomic E-state index is 13.7. The van der Waals surface area contributed by atoms with Crippen molar-refractivity contribution in [3.8, 4) is 5.69 Å². The number of halogens is 4. The topological polar surface area (TPSA) is 41.4 Å². The van der Waals surface area contributed by atoms with E-state index in [0.717, 1.165) is 32.1 Å². The summed E-state index contributed by atoms with van der Waals surface area (Å²) in [6.07, 6.45) is -1.54. The van der Waals surface area contributed by atoms with Crippen molar-refractivity contribution in [1.82, 2.24) is 19.6 Å². The number of aromatic nitrogens is 2. The normalized spacial score (nSPS) is 15.3. The Hall–Kier alpha value is -2.06. The third-order valence-corrected chi connectivity index (χ3v) is 4.85. The summed E-state index contributed by atoms with van der Waals surface area (Å²) in [4.78, 5) is 16.2. The zero-order valence-corrected chi connectivity index (χ0v) is 15.6. The van der Waals surface area contributed by atoms with E-state index in [0.29, 0.717) is 17.8 Å². The first kappa shape index (κ1) is 19.7. The SMILES string of the molecule is CN(CCN1CCCC1)C(=O)c1cnn(-c2cccc(Cl)c2)c1C(F)(F)F. The molecule has 0 atom stereocenters. The molecule has 0 radical (unpaired) electrons. The molecular weight excluding hydrogens is 381 g/mol. The van der Waals surface area contributed by atoms with E-state index in [2.05, 4.69) is 10.00 Å². The van der Waals surface area contributed by atoms with E-state index in [4.69, 9.17) is 11.6 Å². The molecule has 27 heavy (non-hydrogen) atoms. The highest BCUT2D eigenvalue weighted by atomic mass is 35.5. The number of likely N-dealkylation sites (N-methyl/N-ethyl adjacent to an activating group) is 1. The molecule has 2 aromatic rings. The molecule has 0 unspecified atom stereocenters. The molecule has 1 fully saturated rings. The Morgan fingerprint density at radius 2 is 2.00 bits per heavy atom. The van der Waals surface area contributed by atoms with E-state index >= 15 is 0 Å². The molecule has 0 bridgehead atoms. The van der Waals surface area contributed by atoms with Crippen molar-refractivity contribution in [3.63, 3.8) is 0 Å². The van der Waals surface area contributed by atoms with E-state index in [9.17, 15) is 18.0 Å². The van der Waals surface area contributed by atoms with Crippen LogP contribution in [0.25, 0.3) is 5.69 Å². The minimum atomic E-state index is -4.74. The number of amides is 1. The van der Waals surface area contributed by atoms with Gasteiger partial charge in [-0.05, 0) is 44.1 Å². The second-order valence-electron chi connectivity index (χ2n) is 6.57. The highest BCUT2D eigenvalue weighted by Gasteiger charge is 2.41. The van der Waals surface area contributed by atoms with Crippen LogP contribution < -0.4 is 0 Å². The second kappa shape index (κ2) is 7.90. The van der Waals surface area contributed by atoms with Gasteiger partial charge in [-0.1, -0.05) is 17.7 Å². The van der Waals surface area contributed by atoms with E-state index < -0.39 is 23.3 Å². The minimum Gasteiger partial charge on any atom is -0.340 e. The van der Waals surface area contributed by atoms with Crippen LogP contribution in [0.3, 0.4) is 0 Å². The Morgan fingerprint density at radius 3 is 2.63 bits per heavy atom. The number of hydrogen-bond donors (Lipinski definition) is 0. The predicted molar refractivity (Wildman–Crippen MR) is 96.2 cm³/mol. The highest BCUT2D eigenvalue weighted by molar-refractivity contribution is 6.30. The number of alkyl halides is 3. The number of benzene rings is 1. The largest absolute Gasteiger partial charge is 0.434 e. The van der Waals surface area contributed by atoms with Crippen LogP contribution in [0.15, 0.2) is 30.5 Å². The summed E-state index contributed by atoms with van der Waals surface area (Å²) in [5, 5.41) is 4.10. The molecule has 2 heterocycles. The first-order valence-corrected chi connectivity index (χ1v) is 9.04. The van der Waals surface area contributed by atoms with Gasteiger partial charge < -0.3 is 9.80 Å². The number of hydrogen-bond acceptors (Lipinski definition) is 3. The van der Waals surface area contributed by atoms with E-state index in [1.807, 2.05) is 0 Å². The van der Waals surface area contributed by atoms with Crippen molar-refractivity contribution in [2.75, 3.05) is 33.2 Å². The fourth-order valence-corrected chi connectivity index (χ4v) is 3.37. The number of rotatable bonds is 5. The van der Waals surface area contributed by atoms with Gasteiger partial charge in [0.15, 0.2) is 5.69 Å². The Balaban J connectivity index is 1.87. The maximum atomic E-state index is 13.7. The Bertz CT molecular complexity index is 815. The summed E-state index contributed by atoms with van der Waals surface area (Å²) in [6.45, 7) is 2.93. The van der Waals surface area contributed by atoms with Crippen LogP contribution in [0.4, 0.5) is 13.2 Å². The zero-order valence-electron chi connectivity index (χ0n) is 14.8. The maximum Gasteiger partial charge on any atom is 0.434 e. The summed E-state index contributed by atoms with van der Waals surface area (Å²) < 4.78 is 41.8. The third-order valence-electron chi connectivity index (χ3n) is 4.62.